The number of anilines is 1. The Morgan fingerprint density at radius 1 is 1.16 bits per heavy atom. The fraction of sp³-hybridized carbons (Fsp3) is 0.400. The molecule has 138 valence electrons. The van der Waals surface area contributed by atoms with E-state index in [2.05, 4.69) is 4.72 Å². The Kier molecular flexibility index (Phi) is 4.88. The SMILES string of the molecule is CCOC(=O)c1c(C)n(S(C)(=O)=O)c2cc(C)c(NS(C)(=O)=O)cc12. The summed E-state index contributed by atoms with van der Waals surface area (Å²) in [6.45, 7) is 4.92. The third-order valence-electron chi connectivity index (χ3n) is 3.60. The van der Waals surface area contributed by atoms with Crippen molar-refractivity contribution >= 4 is 42.6 Å². The molecule has 0 atom stereocenters. The fourth-order valence-electron chi connectivity index (χ4n) is 2.74. The molecule has 0 amide bonds. The summed E-state index contributed by atoms with van der Waals surface area (Å²) >= 11 is 0. The number of carbonyl (C=O) groups is 1. The van der Waals surface area contributed by atoms with E-state index in [1.165, 1.54) is 19.1 Å². The van der Waals surface area contributed by atoms with Crippen LogP contribution in [0.2, 0.25) is 0 Å². The average molecular weight is 388 g/mol. The number of aryl methyl sites for hydroxylation is 1. The van der Waals surface area contributed by atoms with Crippen molar-refractivity contribution in [2.45, 2.75) is 20.8 Å². The van der Waals surface area contributed by atoms with E-state index in [1.807, 2.05) is 0 Å². The number of hydrogen-bond acceptors (Lipinski definition) is 6. The Balaban J connectivity index is 2.92. The van der Waals surface area contributed by atoms with Crippen molar-refractivity contribution in [2.75, 3.05) is 23.8 Å². The monoisotopic (exact) mass is 388 g/mol. The van der Waals surface area contributed by atoms with Crippen molar-refractivity contribution in [1.29, 1.82) is 0 Å². The van der Waals surface area contributed by atoms with Crippen LogP contribution in [0.5, 0.6) is 0 Å². The van der Waals surface area contributed by atoms with Crippen LogP contribution in [0.25, 0.3) is 10.9 Å². The number of rotatable bonds is 5. The van der Waals surface area contributed by atoms with Gasteiger partial charge in [-0.15, -0.1) is 0 Å². The molecule has 0 saturated carbocycles. The van der Waals surface area contributed by atoms with Crippen LogP contribution in [-0.4, -0.2) is 45.9 Å². The molecule has 0 aliphatic carbocycles. The Morgan fingerprint density at radius 2 is 1.76 bits per heavy atom. The minimum absolute atomic E-state index is 0.0961. The van der Waals surface area contributed by atoms with Crippen LogP contribution in [0, 0.1) is 13.8 Å². The van der Waals surface area contributed by atoms with Crippen LogP contribution in [0.4, 0.5) is 5.69 Å². The van der Waals surface area contributed by atoms with Crippen LogP contribution in [-0.2, 0) is 24.8 Å². The van der Waals surface area contributed by atoms with Crippen LogP contribution in [0.15, 0.2) is 12.1 Å². The largest absolute Gasteiger partial charge is 0.462 e. The summed E-state index contributed by atoms with van der Waals surface area (Å²) in [5.41, 5.74) is 1.40. The van der Waals surface area contributed by atoms with Crippen molar-refractivity contribution in [2.24, 2.45) is 0 Å². The summed E-state index contributed by atoms with van der Waals surface area (Å²) in [7, 11) is -7.22. The molecule has 0 aliphatic heterocycles. The van der Waals surface area contributed by atoms with Crippen molar-refractivity contribution in [3.05, 3.63) is 29.0 Å². The normalized spacial score (nSPS) is 12.4. The summed E-state index contributed by atoms with van der Waals surface area (Å²) in [5.74, 6) is -0.665. The molecular weight excluding hydrogens is 368 g/mol. The highest BCUT2D eigenvalue weighted by molar-refractivity contribution is 7.92. The van der Waals surface area contributed by atoms with E-state index in [0.717, 1.165) is 16.5 Å². The minimum Gasteiger partial charge on any atom is -0.462 e. The Morgan fingerprint density at radius 3 is 2.24 bits per heavy atom. The first-order valence-corrected chi connectivity index (χ1v) is 11.1. The first-order chi connectivity index (χ1) is 11.4. The molecule has 1 aromatic heterocycles. The van der Waals surface area contributed by atoms with E-state index in [0.29, 0.717) is 16.5 Å². The lowest BCUT2D eigenvalue weighted by Gasteiger charge is -2.10. The molecule has 0 fully saturated rings. The van der Waals surface area contributed by atoms with E-state index < -0.39 is 26.0 Å². The number of carbonyl (C=O) groups excluding carboxylic acids is 1. The fourth-order valence-corrected chi connectivity index (χ4v) is 4.45. The molecule has 0 unspecified atom stereocenters. The number of nitrogens with zero attached hydrogens (tertiary/aromatic N) is 1. The van der Waals surface area contributed by atoms with Gasteiger partial charge in [0.15, 0.2) is 0 Å². The second kappa shape index (κ2) is 6.34. The number of aromatic nitrogens is 1. The molecule has 0 aliphatic rings. The molecule has 8 nitrogen and oxygen atoms in total. The molecule has 1 aromatic carbocycles. The van der Waals surface area contributed by atoms with Gasteiger partial charge >= 0.3 is 5.97 Å². The highest BCUT2D eigenvalue weighted by Gasteiger charge is 2.26. The van der Waals surface area contributed by atoms with Crippen molar-refractivity contribution < 1.29 is 26.4 Å². The standard InChI is InChI=1S/C15H20N2O6S2/c1-6-23-15(18)14-10(3)17(25(5,21)22)13-7-9(2)12(8-11(13)14)16-24(4,19)20/h7-8,16H,6H2,1-5H3. The van der Waals surface area contributed by atoms with Crippen LogP contribution in [0.1, 0.15) is 28.5 Å². The number of esters is 1. The number of hydrogen-bond donors (Lipinski definition) is 1. The van der Waals surface area contributed by atoms with Gasteiger partial charge in [0.1, 0.15) is 0 Å². The zero-order valence-corrected chi connectivity index (χ0v) is 16.2. The number of ether oxygens (including phenoxy) is 1. The third kappa shape index (κ3) is 3.79. The van der Waals surface area contributed by atoms with Crippen molar-refractivity contribution in [1.82, 2.24) is 3.97 Å². The van der Waals surface area contributed by atoms with Gasteiger partial charge in [-0.05, 0) is 38.5 Å². The van der Waals surface area contributed by atoms with E-state index in [9.17, 15) is 21.6 Å². The predicted octanol–water partition coefficient (Wildman–Crippen LogP) is 1.61. The van der Waals surface area contributed by atoms with E-state index in [-0.39, 0.29) is 23.6 Å². The molecule has 0 bridgehead atoms. The van der Waals surface area contributed by atoms with Crippen molar-refractivity contribution in [3.63, 3.8) is 0 Å². The summed E-state index contributed by atoms with van der Waals surface area (Å²) in [4.78, 5) is 12.3. The molecule has 0 radical (unpaired) electrons. The molecule has 0 saturated heterocycles. The van der Waals surface area contributed by atoms with Crippen LogP contribution >= 0.6 is 0 Å². The molecule has 10 heteroatoms. The molecule has 2 aromatic rings. The zero-order valence-electron chi connectivity index (χ0n) is 14.6. The summed E-state index contributed by atoms with van der Waals surface area (Å²) < 4.78 is 55.9. The van der Waals surface area contributed by atoms with Gasteiger partial charge in [-0.1, -0.05) is 0 Å². The summed E-state index contributed by atoms with van der Waals surface area (Å²) in [6, 6.07) is 2.98. The van der Waals surface area contributed by atoms with E-state index in [1.54, 1.807) is 13.8 Å². The maximum Gasteiger partial charge on any atom is 0.340 e. The molecule has 1 heterocycles. The van der Waals surface area contributed by atoms with Crippen LogP contribution in [0.3, 0.4) is 0 Å². The van der Waals surface area contributed by atoms with Gasteiger partial charge in [-0.3, -0.25) is 4.72 Å². The van der Waals surface area contributed by atoms with Gasteiger partial charge in [0, 0.05) is 11.1 Å². The highest BCUT2D eigenvalue weighted by atomic mass is 32.2. The lowest BCUT2D eigenvalue weighted by molar-refractivity contribution is 0.0528. The summed E-state index contributed by atoms with van der Waals surface area (Å²) in [6.07, 6.45) is 2.04. The lowest BCUT2D eigenvalue weighted by Crippen LogP contribution is -2.13. The quantitative estimate of drug-likeness (QED) is 0.779. The van der Waals surface area contributed by atoms with E-state index in [4.69, 9.17) is 4.74 Å². The summed E-state index contributed by atoms with van der Waals surface area (Å²) in [5, 5.41) is 0.304. The first-order valence-electron chi connectivity index (χ1n) is 7.38. The average Bonchev–Trinajstić information content (AvgIpc) is 2.68. The topological polar surface area (TPSA) is 112 Å². The molecule has 1 N–H and O–H groups in total. The Bertz CT molecular complexity index is 1070. The number of benzene rings is 1. The lowest BCUT2D eigenvalue weighted by atomic mass is 10.1. The Labute approximate surface area is 146 Å². The van der Waals surface area contributed by atoms with Gasteiger partial charge in [-0.2, -0.15) is 0 Å². The highest BCUT2D eigenvalue weighted by Crippen LogP contribution is 2.32. The number of fused-ring (bicyclic) bond motifs is 1. The Hall–Kier alpha value is -2.07. The molecule has 0 spiro atoms. The van der Waals surface area contributed by atoms with Gasteiger partial charge in [0.2, 0.25) is 20.0 Å². The molecule has 2 rings (SSSR count). The zero-order chi connectivity index (χ0) is 19.2. The van der Waals surface area contributed by atoms with Crippen molar-refractivity contribution in [3.8, 4) is 0 Å². The smallest absolute Gasteiger partial charge is 0.340 e. The van der Waals surface area contributed by atoms with Gasteiger partial charge in [-0.25, -0.2) is 25.6 Å². The van der Waals surface area contributed by atoms with Gasteiger partial charge in [0.25, 0.3) is 0 Å². The molecule has 25 heavy (non-hydrogen) atoms. The third-order valence-corrected chi connectivity index (χ3v) is 5.33. The maximum atomic E-state index is 12.3. The number of nitrogens with one attached hydrogen (secondary N) is 1. The van der Waals surface area contributed by atoms with Gasteiger partial charge in [0.05, 0.1) is 35.9 Å². The second-order valence-corrected chi connectivity index (χ2v) is 9.35. The minimum atomic E-state index is -3.68. The van der Waals surface area contributed by atoms with E-state index >= 15 is 0 Å². The second-order valence-electron chi connectivity index (χ2n) is 5.77. The number of sulfonamides is 1. The van der Waals surface area contributed by atoms with Gasteiger partial charge < -0.3 is 4.74 Å². The molecular formula is C15H20N2O6S2. The predicted molar refractivity (Wildman–Crippen MR) is 96.1 cm³/mol. The first kappa shape index (κ1) is 19.3. The van der Waals surface area contributed by atoms with Crippen LogP contribution < -0.4 is 4.72 Å². The maximum absolute atomic E-state index is 12.3.